The molecule has 10 nitrogen and oxygen atoms in total. The molecule has 3 aromatic carbocycles. The number of ether oxygens (including phenoxy) is 3. The largest absolute Gasteiger partial charge is 0.490 e. The summed E-state index contributed by atoms with van der Waals surface area (Å²) in [6.07, 6.45) is -6.16. The lowest BCUT2D eigenvalue weighted by molar-refractivity contribution is -0.205. The van der Waals surface area contributed by atoms with Crippen molar-refractivity contribution in [3.63, 3.8) is 0 Å². The van der Waals surface area contributed by atoms with E-state index in [1.807, 2.05) is 0 Å². The van der Waals surface area contributed by atoms with Crippen molar-refractivity contribution in [2.75, 3.05) is 37.0 Å². The van der Waals surface area contributed by atoms with Crippen LogP contribution in [-0.4, -0.2) is 67.8 Å². The molecule has 4 N–H and O–H groups in total. The molecule has 13 heteroatoms. The van der Waals surface area contributed by atoms with Crippen molar-refractivity contribution in [2.24, 2.45) is 0 Å². The number of aliphatic hydroxyl groups excluding tert-OH is 1. The lowest BCUT2D eigenvalue weighted by Gasteiger charge is -2.23. The first kappa shape index (κ1) is 32.9. The monoisotopic (exact) mass is 603 g/mol. The lowest BCUT2D eigenvalue weighted by atomic mass is 10.1. The molecule has 0 unspecified atom stereocenters. The van der Waals surface area contributed by atoms with E-state index in [1.54, 1.807) is 73.7 Å². The molecule has 0 aromatic heterocycles. The molecule has 0 aliphatic rings. The third kappa shape index (κ3) is 11.3. The van der Waals surface area contributed by atoms with Crippen molar-refractivity contribution in [3.05, 3.63) is 90.0 Å². The second kappa shape index (κ2) is 16.1. The number of para-hydroxylation sites is 1. The molecule has 2 amide bonds. The lowest BCUT2D eigenvalue weighted by Crippen LogP contribution is -2.44. The summed E-state index contributed by atoms with van der Waals surface area (Å²) in [7, 11) is 0. The van der Waals surface area contributed by atoms with Crippen LogP contribution in [0.25, 0.3) is 0 Å². The number of carbonyl (C=O) groups excluding carboxylic acids is 3. The Kier molecular flexibility index (Phi) is 12.3. The third-order valence-electron chi connectivity index (χ3n) is 5.89. The van der Waals surface area contributed by atoms with Gasteiger partial charge in [-0.2, -0.15) is 13.2 Å². The van der Waals surface area contributed by atoms with Gasteiger partial charge in [0, 0.05) is 24.0 Å². The van der Waals surface area contributed by atoms with Crippen LogP contribution in [0.2, 0.25) is 0 Å². The normalized spacial score (nSPS) is 12.5. The first-order chi connectivity index (χ1) is 20.6. The van der Waals surface area contributed by atoms with E-state index in [0.717, 1.165) is 5.56 Å². The van der Waals surface area contributed by atoms with Crippen LogP contribution in [0.15, 0.2) is 78.9 Å². The Labute approximate surface area is 246 Å². The Balaban J connectivity index is 1.51. The van der Waals surface area contributed by atoms with Gasteiger partial charge in [-0.15, -0.1) is 0 Å². The van der Waals surface area contributed by atoms with Crippen LogP contribution in [-0.2, 0) is 20.7 Å². The molecular weight excluding hydrogens is 571 g/mol. The zero-order valence-electron chi connectivity index (χ0n) is 23.2. The molecule has 0 spiro atoms. The van der Waals surface area contributed by atoms with Crippen molar-refractivity contribution < 1.29 is 46.9 Å². The fourth-order valence-electron chi connectivity index (χ4n) is 3.76. The fourth-order valence-corrected chi connectivity index (χ4v) is 3.76. The van der Waals surface area contributed by atoms with Crippen LogP contribution >= 0.6 is 0 Å². The maximum Gasteiger partial charge on any atom is 0.490 e. The van der Waals surface area contributed by atoms with Gasteiger partial charge >= 0.3 is 24.1 Å². The van der Waals surface area contributed by atoms with Crippen LogP contribution in [0.4, 0.5) is 29.3 Å². The number of hydrogen-bond donors (Lipinski definition) is 4. The Hall–Kier alpha value is -4.62. The van der Waals surface area contributed by atoms with E-state index in [9.17, 15) is 32.7 Å². The van der Waals surface area contributed by atoms with Crippen LogP contribution < -0.4 is 20.7 Å². The van der Waals surface area contributed by atoms with Gasteiger partial charge in [0.2, 0.25) is 0 Å². The number of urea groups is 1. The van der Waals surface area contributed by atoms with E-state index in [-0.39, 0.29) is 32.8 Å². The summed E-state index contributed by atoms with van der Waals surface area (Å²) in [5.74, 6) is -2.40. The van der Waals surface area contributed by atoms with Crippen molar-refractivity contribution in [3.8, 4) is 5.75 Å². The summed E-state index contributed by atoms with van der Waals surface area (Å²) in [5.41, 5.74) is 2.07. The van der Waals surface area contributed by atoms with Gasteiger partial charge in [0.15, 0.2) is 0 Å². The summed E-state index contributed by atoms with van der Waals surface area (Å²) < 4.78 is 53.4. The number of halogens is 3. The molecule has 0 radical (unpaired) electrons. The Morgan fingerprint density at radius 1 is 0.884 bits per heavy atom. The van der Waals surface area contributed by atoms with Gasteiger partial charge in [0.05, 0.1) is 18.8 Å². The van der Waals surface area contributed by atoms with Gasteiger partial charge in [0.25, 0.3) is 0 Å². The molecule has 0 fully saturated rings. The number of rotatable bonds is 14. The third-order valence-corrected chi connectivity index (χ3v) is 5.89. The minimum absolute atomic E-state index is 0.208. The highest BCUT2D eigenvalue weighted by Gasteiger charge is 2.42. The number of aliphatic hydroxyl groups is 1. The summed E-state index contributed by atoms with van der Waals surface area (Å²) in [5, 5.41) is 18.1. The van der Waals surface area contributed by atoms with Crippen molar-refractivity contribution >= 4 is 29.3 Å². The van der Waals surface area contributed by atoms with Gasteiger partial charge in [-0.25, -0.2) is 14.4 Å². The number of hydrogen-bond acceptors (Lipinski definition) is 8. The quantitative estimate of drug-likeness (QED) is 0.197. The van der Waals surface area contributed by atoms with Gasteiger partial charge in [-0.05, 0) is 67.4 Å². The molecule has 43 heavy (non-hydrogen) atoms. The van der Waals surface area contributed by atoms with Crippen LogP contribution in [0, 0.1) is 0 Å². The highest BCUT2D eigenvalue weighted by atomic mass is 19.4. The molecular formula is C30H32F3N3O7. The number of amides is 2. The molecule has 230 valence electrons. The SMILES string of the molecule is CCOC(=O)c1ccc(NC(=O)Nc2ccc(C[C@@H](CO)NC[C@@H](COc3ccccc3)OC(=O)C(F)(F)F)cc2)cc1. The maximum absolute atomic E-state index is 12.8. The van der Waals surface area contributed by atoms with E-state index < -0.39 is 36.3 Å². The minimum Gasteiger partial charge on any atom is -0.490 e. The highest BCUT2D eigenvalue weighted by molar-refractivity contribution is 6.00. The summed E-state index contributed by atoms with van der Waals surface area (Å²) >= 11 is 0. The summed E-state index contributed by atoms with van der Waals surface area (Å²) in [4.78, 5) is 35.5. The number of esters is 2. The van der Waals surface area contributed by atoms with Crippen LogP contribution in [0.1, 0.15) is 22.8 Å². The van der Waals surface area contributed by atoms with E-state index >= 15 is 0 Å². The maximum atomic E-state index is 12.8. The summed E-state index contributed by atoms with van der Waals surface area (Å²) in [6, 6.07) is 20.2. The van der Waals surface area contributed by atoms with Crippen molar-refractivity contribution in [1.29, 1.82) is 0 Å². The molecule has 0 saturated carbocycles. The van der Waals surface area contributed by atoms with E-state index in [1.165, 1.54) is 12.1 Å². The smallest absolute Gasteiger partial charge is 0.490 e. The average Bonchev–Trinajstić information content (AvgIpc) is 2.99. The predicted octanol–water partition coefficient (Wildman–Crippen LogP) is 4.55. The Morgan fingerprint density at radius 3 is 2.05 bits per heavy atom. The zero-order valence-corrected chi connectivity index (χ0v) is 23.2. The molecule has 2 atom stereocenters. The number of carbonyl (C=O) groups is 3. The second-order valence-electron chi connectivity index (χ2n) is 9.21. The van der Waals surface area contributed by atoms with Gasteiger partial charge in [-0.3, -0.25) is 0 Å². The Morgan fingerprint density at radius 2 is 1.49 bits per heavy atom. The van der Waals surface area contributed by atoms with Crippen molar-refractivity contribution in [2.45, 2.75) is 31.7 Å². The van der Waals surface area contributed by atoms with Gasteiger partial charge < -0.3 is 35.3 Å². The standard InChI is InChI=1S/C30H32F3N3O7/c1-2-41-27(38)21-10-14-23(15-11-21)36-29(40)35-22-12-8-20(9-13-22)16-24(18-37)34-17-26(43-28(39)30(31,32)33)19-42-25-6-4-3-5-7-25/h3-15,24,26,34,37H,2,16-19H2,1H3,(H2,35,36,40)/t24-,26-/m0/s1. The number of alkyl halides is 3. The van der Waals surface area contributed by atoms with E-state index in [4.69, 9.17) is 9.47 Å². The second-order valence-corrected chi connectivity index (χ2v) is 9.21. The molecule has 0 heterocycles. The van der Waals surface area contributed by atoms with Gasteiger partial charge in [-0.1, -0.05) is 30.3 Å². The van der Waals surface area contributed by atoms with Crippen molar-refractivity contribution in [1.82, 2.24) is 5.32 Å². The molecule has 0 bridgehead atoms. The average molecular weight is 604 g/mol. The molecule has 3 rings (SSSR count). The highest BCUT2D eigenvalue weighted by Crippen LogP contribution is 2.19. The van der Waals surface area contributed by atoms with Crippen LogP contribution in [0.5, 0.6) is 5.75 Å². The molecule has 0 aliphatic heterocycles. The number of anilines is 2. The number of benzene rings is 3. The first-order valence-electron chi connectivity index (χ1n) is 13.3. The van der Waals surface area contributed by atoms with E-state index in [2.05, 4.69) is 20.7 Å². The van der Waals surface area contributed by atoms with Gasteiger partial charge in [0.1, 0.15) is 18.5 Å². The topological polar surface area (TPSA) is 135 Å². The number of nitrogens with one attached hydrogen (secondary N) is 3. The van der Waals surface area contributed by atoms with Crippen LogP contribution in [0.3, 0.4) is 0 Å². The molecule has 0 aliphatic carbocycles. The fraction of sp³-hybridized carbons (Fsp3) is 0.300. The van der Waals surface area contributed by atoms with E-state index in [0.29, 0.717) is 22.7 Å². The minimum atomic E-state index is -5.16. The summed E-state index contributed by atoms with van der Waals surface area (Å²) in [6.45, 7) is 1.06. The first-order valence-corrected chi connectivity index (χ1v) is 13.3. The molecule has 0 saturated heterocycles. The zero-order chi connectivity index (χ0) is 31.2. The predicted molar refractivity (Wildman–Crippen MR) is 152 cm³/mol. The molecule has 3 aromatic rings. The Bertz CT molecular complexity index is 1320.